The minimum Gasteiger partial charge on any atom is -0.508 e. The van der Waals surface area contributed by atoms with E-state index in [1.54, 1.807) is 71.9 Å². The number of benzene rings is 3. The van der Waals surface area contributed by atoms with Crippen LogP contribution in [0.3, 0.4) is 0 Å². The monoisotopic (exact) mass is 1240 g/mol. The molecular weight excluding hydrogens is 1160 g/mol. The highest BCUT2D eigenvalue weighted by Gasteiger charge is 2.35. The highest BCUT2D eigenvalue weighted by molar-refractivity contribution is 7.99. The molecule has 10 amide bonds. The highest BCUT2D eigenvalue weighted by atomic mass is 32.2. The minimum absolute atomic E-state index is 0.00983. The molecule has 88 heavy (non-hydrogen) atoms. The number of thioether (sulfide) groups is 1. The number of rotatable bonds is 37. The largest absolute Gasteiger partial charge is 0.508 e. The molecule has 0 aliphatic heterocycles. The number of unbranched alkanes of at least 4 members (excludes halogenated alkanes) is 1. The summed E-state index contributed by atoms with van der Waals surface area (Å²) in [5.74, 6) is -11.5. The summed E-state index contributed by atoms with van der Waals surface area (Å²) in [5.41, 5.74) is 8.07. The molecule has 482 valence electrons. The van der Waals surface area contributed by atoms with Gasteiger partial charge in [-0.15, -0.1) is 11.8 Å². The van der Waals surface area contributed by atoms with E-state index in [1.165, 1.54) is 24.3 Å². The number of carbonyl (C=O) groups excluding carboxylic acids is 10. The Morgan fingerprint density at radius 1 is 0.545 bits per heavy atom. The SMILES string of the molecule is CC(C)C[C@H](NC(=O)[C@@H](NC(=O)CNC(=O)c1ccccc1)C(C)C)C(=O)N[C@@H](CCCCNC(=O)C[C@H](SCc1ccc(C(C)(C)C)cc1)C(=O)O)C(=O)N[C@@H](CCC(=O)O)C(=O)N[C@@H](Cc1ccc(O)cc1)C(=O)NCC(=O)N[C@H](C(N)=O)C(C)C. The van der Waals surface area contributed by atoms with E-state index in [0.29, 0.717) is 16.9 Å². The van der Waals surface area contributed by atoms with E-state index in [-0.39, 0.29) is 62.2 Å². The molecule has 0 bridgehead atoms. The summed E-state index contributed by atoms with van der Waals surface area (Å²) in [6, 6.07) is 13.2. The summed E-state index contributed by atoms with van der Waals surface area (Å²) in [6.45, 7) is 15.2. The Morgan fingerprint density at radius 3 is 1.60 bits per heavy atom. The Bertz CT molecular complexity index is 2870. The second kappa shape index (κ2) is 36.6. The van der Waals surface area contributed by atoms with Gasteiger partial charge in [-0.1, -0.05) is 117 Å². The minimum atomic E-state index is -1.69. The van der Waals surface area contributed by atoms with E-state index in [4.69, 9.17) is 5.73 Å². The molecule has 0 saturated carbocycles. The predicted octanol–water partition coefficient (Wildman–Crippen LogP) is 2.46. The second-order valence-electron chi connectivity index (χ2n) is 23.6. The number of phenolic OH excluding ortho intramolecular Hbond substituents is 1. The van der Waals surface area contributed by atoms with Crippen molar-refractivity contribution in [1.82, 2.24) is 47.9 Å². The van der Waals surface area contributed by atoms with Crippen LogP contribution >= 0.6 is 11.8 Å². The number of primary amides is 1. The van der Waals surface area contributed by atoms with Gasteiger partial charge in [-0.25, -0.2) is 0 Å². The maximum absolute atomic E-state index is 14.6. The Labute approximate surface area is 517 Å². The van der Waals surface area contributed by atoms with Gasteiger partial charge < -0.3 is 68.9 Å². The van der Waals surface area contributed by atoms with Crippen molar-refractivity contribution in [3.05, 3.63) is 101 Å². The maximum Gasteiger partial charge on any atom is 0.317 e. The summed E-state index contributed by atoms with van der Waals surface area (Å²) >= 11 is 1.10. The van der Waals surface area contributed by atoms with Crippen LogP contribution in [0.25, 0.3) is 0 Å². The fraction of sp³-hybridized carbons (Fsp3) is 0.516. The van der Waals surface area contributed by atoms with Crippen LogP contribution in [0.15, 0.2) is 78.9 Å². The summed E-state index contributed by atoms with van der Waals surface area (Å²) < 4.78 is 0. The van der Waals surface area contributed by atoms with Crippen molar-refractivity contribution in [2.45, 2.75) is 166 Å². The molecule has 0 heterocycles. The molecule has 0 aliphatic carbocycles. The van der Waals surface area contributed by atoms with Crippen LogP contribution in [-0.4, -0.2) is 147 Å². The van der Waals surface area contributed by atoms with E-state index in [9.17, 15) is 72.9 Å². The zero-order chi connectivity index (χ0) is 65.8. The van der Waals surface area contributed by atoms with E-state index in [0.717, 1.165) is 22.9 Å². The average Bonchev–Trinajstić information content (AvgIpc) is 3.54. The van der Waals surface area contributed by atoms with Crippen LogP contribution in [0.2, 0.25) is 0 Å². The Hall–Kier alpha value is -8.55. The molecule has 3 aromatic carbocycles. The van der Waals surface area contributed by atoms with Gasteiger partial charge in [-0.3, -0.25) is 57.5 Å². The number of hydrogen-bond acceptors (Lipinski definition) is 14. The van der Waals surface area contributed by atoms with Crippen molar-refractivity contribution in [2.75, 3.05) is 19.6 Å². The second-order valence-corrected chi connectivity index (χ2v) is 24.8. The van der Waals surface area contributed by atoms with Crippen LogP contribution in [0.1, 0.15) is 134 Å². The molecule has 0 unspecified atom stereocenters. The fourth-order valence-electron chi connectivity index (χ4n) is 8.81. The van der Waals surface area contributed by atoms with Crippen molar-refractivity contribution < 1.29 is 72.9 Å². The van der Waals surface area contributed by atoms with E-state index < -0.39 is 150 Å². The lowest BCUT2D eigenvalue weighted by Gasteiger charge is -2.28. The molecular formula is C62H88N10O15S. The van der Waals surface area contributed by atoms with E-state index >= 15 is 0 Å². The van der Waals surface area contributed by atoms with Gasteiger partial charge >= 0.3 is 11.9 Å². The molecule has 0 spiro atoms. The molecule has 0 aromatic heterocycles. The van der Waals surface area contributed by atoms with Crippen molar-refractivity contribution in [2.24, 2.45) is 23.5 Å². The lowest BCUT2D eigenvalue weighted by molar-refractivity contribution is -0.139. The molecule has 7 atom stereocenters. The van der Waals surface area contributed by atoms with Gasteiger partial charge in [-0.05, 0) is 96.2 Å². The first-order valence-corrected chi connectivity index (χ1v) is 30.3. The Balaban J connectivity index is 1.90. The van der Waals surface area contributed by atoms with Crippen LogP contribution in [0.4, 0.5) is 0 Å². The molecule has 25 nitrogen and oxygen atoms in total. The third kappa shape index (κ3) is 27.0. The number of phenols is 1. The molecule has 3 aromatic rings. The molecule has 0 radical (unpaired) electrons. The van der Waals surface area contributed by atoms with Crippen molar-refractivity contribution >= 4 is 82.8 Å². The molecule has 14 N–H and O–H groups in total. The number of carboxylic acid groups (broad SMARTS) is 2. The zero-order valence-electron chi connectivity index (χ0n) is 51.5. The molecule has 0 saturated heterocycles. The quantitative estimate of drug-likeness (QED) is 0.0369. The molecule has 26 heteroatoms. The van der Waals surface area contributed by atoms with Crippen molar-refractivity contribution in [3.63, 3.8) is 0 Å². The average molecular weight is 1250 g/mol. The Kier molecular flexibility index (Phi) is 30.6. The lowest BCUT2D eigenvalue weighted by atomic mass is 9.87. The standard InChI is InChI=1S/C62H88N10O15S/c1-35(2)29-45(70-60(85)53(37(5)6)72-50(76)32-65-55(80)40-15-11-10-12-16-40)59(84)67-43(17-13-14-28-64-48(74)31-47(61(86)87)88-34-39-18-22-41(23-19-39)62(7,8)9)57(82)68-44(26-27-51(77)78)58(83)69-46(30-38-20-24-42(73)25-21-38)56(81)66-33-49(75)71-52(36(3)4)54(63)79/h10-12,15-16,18-25,35-37,43-47,52-53,73H,13-14,17,26-34H2,1-9H3,(H2,63,79)(H,64,74)(H,65,80)(H,66,81)(H,67,84)(H,68,82)(H,69,83)(H,70,85)(H,71,75)(H,72,76)(H,77,78)(H,86,87)/t43-,44-,45-,46-,47-,52-,53-/m0/s1. The van der Waals surface area contributed by atoms with E-state index in [2.05, 4.69) is 68.6 Å². The number of aliphatic carboxylic acids is 2. The van der Waals surface area contributed by atoms with Gasteiger partial charge in [0.15, 0.2) is 0 Å². The van der Waals surface area contributed by atoms with Crippen molar-refractivity contribution in [3.8, 4) is 5.75 Å². The van der Waals surface area contributed by atoms with Crippen LogP contribution < -0.4 is 53.6 Å². The smallest absolute Gasteiger partial charge is 0.317 e. The maximum atomic E-state index is 14.6. The van der Waals surface area contributed by atoms with Crippen LogP contribution in [0.5, 0.6) is 5.75 Å². The van der Waals surface area contributed by atoms with Gasteiger partial charge in [0.05, 0.1) is 13.1 Å². The third-order valence-corrected chi connectivity index (χ3v) is 15.1. The van der Waals surface area contributed by atoms with Gasteiger partial charge in [0, 0.05) is 37.1 Å². The molecule has 0 aliphatic rings. The number of aromatic hydroxyl groups is 1. The first-order chi connectivity index (χ1) is 41.3. The summed E-state index contributed by atoms with van der Waals surface area (Å²) in [5, 5.41) is 51.7. The third-order valence-electron chi connectivity index (χ3n) is 13.8. The zero-order valence-corrected chi connectivity index (χ0v) is 52.3. The predicted molar refractivity (Wildman–Crippen MR) is 330 cm³/mol. The van der Waals surface area contributed by atoms with E-state index in [1.807, 2.05) is 24.3 Å². The van der Waals surface area contributed by atoms with Gasteiger partial charge in [0.1, 0.15) is 47.3 Å². The Morgan fingerprint density at radius 2 is 1.07 bits per heavy atom. The van der Waals surface area contributed by atoms with Crippen molar-refractivity contribution in [1.29, 1.82) is 0 Å². The summed E-state index contributed by atoms with van der Waals surface area (Å²) in [6.07, 6.45) is -1.69. The number of carbonyl (C=O) groups is 12. The van der Waals surface area contributed by atoms with Crippen LogP contribution in [-0.2, 0) is 70.3 Å². The number of carboxylic acids is 2. The molecule has 0 fully saturated rings. The van der Waals surface area contributed by atoms with Gasteiger partial charge in [-0.2, -0.15) is 0 Å². The number of amides is 10. The fourth-order valence-corrected chi connectivity index (χ4v) is 9.81. The first-order valence-electron chi connectivity index (χ1n) is 29.3. The lowest BCUT2D eigenvalue weighted by Crippen LogP contribution is -2.60. The summed E-state index contributed by atoms with van der Waals surface area (Å²) in [7, 11) is 0. The van der Waals surface area contributed by atoms with Gasteiger partial charge in [0.25, 0.3) is 5.91 Å². The number of hydrogen-bond donors (Lipinski definition) is 13. The number of nitrogens with one attached hydrogen (secondary N) is 9. The highest BCUT2D eigenvalue weighted by Crippen LogP contribution is 2.26. The summed E-state index contributed by atoms with van der Waals surface area (Å²) in [4.78, 5) is 159. The number of nitrogens with two attached hydrogens (primary N) is 1. The topological polar surface area (TPSA) is 400 Å². The normalized spacial score (nSPS) is 13.7. The van der Waals surface area contributed by atoms with Gasteiger partial charge in [0.2, 0.25) is 53.2 Å². The molecule has 3 rings (SSSR count). The first kappa shape index (κ1) is 73.7. The van der Waals surface area contributed by atoms with Crippen LogP contribution in [0, 0.1) is 17.8 Å².